The van der Waals surface area contributed by atoms with Crippen LogP contribution in [0.4, 0.5) is 20.2 Å². The Morgan fingerprint density at radius 3 is 2.74 bits per heavy atom. The summed E-state index contributed by atoms with van der Waals surface area (Å²) < 4.78 is 31.4. The number of nitro groups is 1. The van der Waals surface area contributed by atoms with E-state index in [1.54, 1.807) is 31.3 Å². The lowest BCUT2D eigenvalue weighted by atomic mass is 9.86. The maximum atomic E-state index is 14.9. The van der Waals surface area contributed by atoms with E-state index in [1.807, 2.05) is 12.1 Å². The average Bonchev–Trinajstić information content (AvgIpc) is 3.56. The van der Waals surface area contributed by atoms with Crippen LogP contribution in [0.5, 0.6) is 0 Å². The van der Waals surface area contributed by atoms with E-state index < -0.39 is 28.2 Å². The van der Waals surface area contributed by atoms with Gasteiger partial charge < -0.3 is 10.4 Å². The zero-order valence-electron chi connectivity index (χ0n) is 20.2. The van der Waals surface area contributed by atoms with Crippen LogP contribution in [0, 0.1) is 21.7 Å². The molecule has 0 radical (unpaired) electrons. The van der Waals surface area contributed by atoms with E-state index in [9.17, 15) is 24.0 Å². The zero-order chi connectivity index (χ0) is 26.9. The molecule has 2 atom stereocenters. The van der Waals surface area contributed by atoms with Crippen LogP contribution in [0.2, 0.25) is 0 Å². The van der Waals surface area contributed by atoms with Crippen molar-refractivity contribution in [3.05, 3.63) is 112 Å². The molecule has 0 spiro atoms. The topological polar surface area (TPSA) is 124 Å². The third-order valence-electron chi connectivity index (χ3n) is 6.50. The van der Waals surface area contributed by atoms with Crippen molar-refractivity contribution < 1.29 is 18.8 Å². The molecule has 3 aromatic carbocycles. The summed E-state index contributed by atoms with van der Waals surface area (Å²) in [7, 11) is 0. The van der Waals surface area contributed by atoms with Crippen LogP contribution in [0.25, 0.3) is 10.9 Å². The van der Waals surface area contributed by atoms with Gasteiger partial charge in [0.2, 0.25) is 0 Å². The van der Waals surface area contributed by atoms with Gasteiger partial charge in [0.05, 0.1) is 23.0 Å². The summed E-state index contributed by atoms with van der Waals surface area (Å²) in [6.45, 7) is 1.91. The molecule has 0 aliphatic rings. The number of nitro benzene ring substituents is 1. The third-order valence-corrected chi connectivity index (χ3v) is 6.50. The summed E-state index contributed by atoms with van der Waals surface area (Å²) in [5.41, 5.74) is 0.227. The Bertz CT molecular complexity index is 1610. The average molecular weight is 520 g/mol. The molecule has 10 nitrogen and oxygen atoms in total. The van der Waals surface area contributed by atoms with Crippen molar-refractivity contribution >= 4 is 22.3 Å². The first-order chi connectivity index (χ1) is 18.2. The molecule has 5 aromatic rings. The van der Waals surface area contributed by atoms with E-state index in [2.05, 4.69) is 20.5 Å². The van der Waals surface area contributed by atoms with Gasteiger partial charge in [-0.25, -0.2) is 18.4 Å². The normalized spacial score (nSPS) is 13.8. The summed E-state index contributed by atoms with van der Waals surface area (Å²) in [5.74, 6) is -1.64. The number of aromatic nitrogens is 5. The number of anilines is 1. The molecule has 0 aliphatic heterocycles. The number of benzene rings is 3. The third kappa shape index (κ3) is 4.93. The van der Waals surface area contributed by atoms with Crippen molar-refractivity contribution in [2.45, 2.75) is 31.7 Å². The van der Waals surface area contributed by atoms with Crippen LogP contribution in [0.1, 0.15) is 24.1 Å². The van der Waals surface area contributed by atoms with Crippen LogP contribution in [-0.4, -0.2) is 34.6 Å². The highest BCUT2D eigenvalue weighted by molar-refractivity contribution is 5.82. The first kappa shape index (κ1) is 25.0. The molecule has 0 saturated heterocycles. The largest absolute Gasteiger partial charge is 0.381 e. The molecule has 2 aromatic heterocycles. The van der Waals surface area contributed by atoms with E-state index in [-0.39, 0.29) is 17.8 Å². The Morgan fingerprint density at radius 2 is 2.00 bits per heavy atom. The predicted molar refractivity (Wildman–Crippen MR) is 135 cm³/mol. The van der Waals surface area contributed by atoms with E-state index in [4.69, 9.17) is 0 Å². The molecule has 0 amide bonds. The first-order valence-electron chi connectivity index (χ1n) is 11.7. The fourth-order valence-corrected chi connectivity index (χ4v) is 4.40. The molecular formula is C26H23F2N7O3. The number of fused-ring (bicyclic) bond motifs is 1. The molecule has 12 heteroatoms. The van der Waals surface area contributed by atoms with Gasteiger partial charge in [-0.3, -0.25) is 14.8 Å². The second-order valence-corrected chi connectivity index (χ2v) is 8.98. The first-order valence-corrected chi connectivity index (χ1v) is 11.7. The number of non-ortho nitro benzene ring substituents is 1. The van der Waals surface area contributed by atoms with Crippen molar-refractivity contribution in [3.8, 4) is 0 Å². The number of hydrogen-bond acceptors (Lipinski definition) is 7. The van der Waals surface area contributed by atoms with Gasteiger partial charge in [-0.2, -0.15) is 10.2 Å². The van der Waals surface area contributed by atoms with Gasteiger partial charge in [0, 0.05) is 47.6 Å². The Hall–Kier alpha value is -4.71. The smallest absolute Gasteiger partial charge is 0.269 e. The highest BCUT2D eigenvalue weighted by atomic mass is 19.1. The lowest BCUT2D eigenvalue weighted by Crippen LogP contribution is -2.40. The minimum absolute atomic E-state index is 0.0194. The van der Waals surface area contributed by atoms with Gasteiger partial charge in [0.15, 0.2) is 0 Å². The molecule has 2 N–H and O–H groups in total. The highest BCUT2D eigenvalue weighted by Crippen LogP contribution is 2.37. The molecule has 0 unspecified atom stereocenters. The second kappa shape index (κ2) is 9.98. The SMILES string of the molecule is C[C@@H](n1cc2cc(NCc3cccc([N+](=O)[O-])c3)ccc2n1)[C@](O)(Cn1cncn1)c1ccc(F)cc1F. The highest BCUT2D eigenvalue weighted by Gasteiger charge is 2.40. The van der Waals surface area contributed by atoms with Crippen molar-refractivity contribution in [1.29, 1.82) is 0 Å². The molecule has 194 valence electrons. The summed E-state index contributed by atoms with van der Waals surface area (Å²) in [6, 6.07) is 14.1. The summed E-state index contributed by atoms with van der Waals surface area (Å²) in [6.07, 6.45) is 4.43. The van der Waals surface area contributed by atoms with Crippen molar-refractivity contribution in [3.63, 3.8) is 0 Å². The van der Waals surface area contributed by atoms with Crippen molar-refractivity contribution in [2.75, 3.05) is 5.32 Å². The second-order valence-electron chi connectivity index (χ2n) is 8.98. The molecule has 38 heavy (non-hydrogen) atoms. The molecule has 0 saturated carbocycles. The van der Waals surface area contributed by atoms with E-state index >= 15 is 0 Å². The predicted octanol–water partition coefficient (Wildman–Crippen LogP) is 4.58. The Morgan fingerprint density at radius 1 is 1.16 bits per heavy atom. The monoisotopic (exact) mass is 519 g/mol. The summed E-state index contributed by atoms with van der Waals surface area (Å²) in [4.78, 5) is 14.5. The summed E-state index contributed by atoms with van der Waals surface area (Å²) in [5, 5.41) is 35.5. The lowest BCUT2D eigenvalue weighted by molar-refractivity contribution is -0.384. The number of aliphatic hydroxyl groups is 1. The van der Waals surface area contributed by atoms with Crippen LogP contribution in [0.3, 0.4) is 0 Å². The number of nitrogens with one attached hydrogen (secondary N) is 1. The van der Waals surface area contributed by atoms with Gasteiger partial charge >= 0.3 is 0 Å². The number of rotatable bonds is 9. The van der Waals surface area contributed by atoms with E-state index in [0.29, 0.717) is 12.1 Å². The van der Waals surface area contributed by atoms with Gasteiger partial charge in [-0.1, -0.05) is 18.2 Å². The maximum Gasteiger partial charge on any atom is 0.269 e. The number of nitrogens with zero attached hydrogens (tertiary/aromatic N) is 6. The van der Waals surface area contributed by atoms with E-state index in [0.717, 1.165) is 28.8 Å². The molecule has 2 heterocycles. The lowest BCUT2D eigenvalue weighted by Gasteiger charge is -2.34. The Labute approximate surface area is 215 Å². The fourth-order valence-electron chi connectivity index (χ4n) is 4.40. The molecule has 0 fully saturated rings. The van der Waals surface area contributed by atoms with Crippen LogP contribution in [0.15, 0.2) is 79.5 Å². The molecule has 5 rings (SSSR count). The minimum atomic E-state index is -1.85. The number of halogens is 2. The quantitative estimate of drug-likeness (QED) is 0.216. The van der Waals surface area contributed by atoms with Gasteiger partial charge in [0.25, 0.3) is 5.69 Å². The standard InChI is InChI=1S/C26H23F2N7O3/c1-17(26(36,14-33-16-29-15-31-33)23-7-5-20(27)11-24(23)28)34-13-19-10-21(6-8-25(19)32-34)30-12-18-3-2-4-22(9-18)35(37)38/h2-11,13,15-17,30,36H,12,14H2,1H3/t17-,26-/m1/s1. The van der Waals surface area contributed by atoms with Crippen LogP contribution in [-0.2, 0) is 18.7 Å². The molecule has 0 aliphatic carbocycles. The number of hydrogen-bond donors (Lipinski definition) is 2. The van der Waals surface area contributed by atoms with E-state index in [1.165, 1.54) is 40.2 Å². The van der Waals surface area contributed by atoms with Gasteiger partial charge in [0.1, 0.15) is 29.9 Å². The Kier molecular flexibility index (Phi) is 6.55. The van der Waals surface area contributed by atoms with Crippen LogP contribution < -0.4 is 5.32 Å². The van der Waals surface area contributed by atoms with Crippen molar-refractivity contribution in [1.82, 2.24) is 24.5 Å². The van der Waals surface area contributed by atoms with Crippen LogP contribution >= 0.6 is 0 Å². The Balaban J connectivity index is 1.43. The zero-order valence-corrected chi connectivity index (χ0v) is 20.2. The van der Waals surface area contributed by atoms with Crippen molar-refractivity contribution in [2.24, 2.45) is 0 Å². The van der Waals surface area contributed by atoms with Gasteiger partial charge in [-0.15, -0.1) is 0 Å². The molecular weight excluding hydrogens is 496 g/mol. The molecule has 0 bridgehead atoms. The summed E-state index contributed by atoms with van der Waals surface area (Å²) >= 11 is 0. The van der Waals surface area contributed by atoms with Gasteiger partial charge in [-0.05, 0) is 36.8 Å². The maximum absolute atomic E-state index is 14.9. The minimum Gasteiger partial charge on any atom is -0.381 e. The fraction of sp³-hybridized carbons (Fsp3) is 0.192.